The van der Waals surface area contributed by atoms with E-state index in [0.717, 1.165) is 38.4 Å². The number of para-hydroxylation sites is 1. The van der Waals surface area contributed by atoms with Crippen molar-refractivity contribution >= 4 is 28.6 Å². The predicted molar refractivity (Wildman–Crippen MR) is 118 cm³/mol. The second kappa shape index (κ2) is 8.53. The number of thioether (sulfide) groups is 1. The average molecular weight is 405 g/mol. The van der Waals surface area contributed by atoms with E-state index in [0.29, 0.717) is 12.1 Å². The maximum Gasteiger partial charge on any atom is 0.251 e. The Kier molecular flexibility index (Phi) is 5.67. The molecular formula is C24H21FN2OS. The lowest BCUT2D eigenvalue weighted by molar-refractivity contribution is 0.0955. The molecule has 1 heterocycles. The zero-order valence-corrected chi connectivity index (χ0v) is 16.9. The molecule has 4 aromatic rings. The van der Waals surface area contributed by atoms with Crippen LogP contribution in [0.1, 0.15) is 15.9 Å². The third-order valence-corrected chi connectivity index (χ3v) is 5.94. The van der Waals surface area contributed by atoms with Crippen molar-refractivity contribution in [1.82, 2.24) is 10.3 Å². The first-order valence-electron chi connectivity index (χ1n) is 9.47. The molecule has 2 N–H and O–H groups in total. The van der Waals surface area contributed by atoms with Gasteiger partial charge in [0.25, 0.3) is 5.91 Å². The van der Waals surface area contributed by atoms with Gasteiger partial charge in [-0.25, -0.2) is 4.39 Å². The standard InChI is InChI=1S/C24H21FN2OS/c1-16-6-2-3-7-19(16)24(28)26-14-15-29-23-20-8-4-5-9-21(20)27-22(23)17-10-12-18(25)13-11-17/h2-13,27H,14-15H2,1H3,(H,26,28). The lowest BCUT2D eigenvalue weighted by atomic mass is 10.1. The van der Waals surface area contributed by atoms with Crippen LogP contribution in [0, 0.1) is 12.7 Å². The molecule has 0 unspecified atom stereocenters. The molecular weight excluding hydrogens is 383 g/mol. The number of rotatable bonds is 6. The summed E-state index contributed by atoms with van der Waals surface area (Å²) in [6.45, 7) is 2.49. The minimum Gasteiger partial charge on any atom is -0.354 e. The number of aromatic nitrogens is 1. The summed E-state index contributed by atoms with van der Waals surface area (Å²) in [5.41, 5.74) is 4.62. The molecule has 0 fully saturated rings. The van der Waals surface area contributed by atoms with Crippen LogP contribution in [-0.4, -0.2) is 23.2 Å². The van der Waals surface area contributed by atoms with E-state index >= 15 is 0 Å². The SMILES string of the molecule is Cc1ccccc1C(=O)NCCSc1c(-c2ccc(F)cc2)[nH]c2ccccc12. The molecule has 3 aromatic carbocycles. The topological polar surface area (TPSA) is 44.9 Å². The van der Waals surface area contributed by atoms with Gasteiger partial charge >= 0.3 is 0 Å². The van der Waals surface area contributed by atoms with Crippen molar-refractivity contribution in [2.45, 2.75) is 11.8 Å². The molecule has 29 heavy (non-hydrogen) atoms. The summed E-state index contributed by atoms with van der Waals surface area (Å²) < 4.78 is 13.3. The number of aromatic amines is 1. The Balaban J connectivity index is 1.50. The highest BCUT2D eigenvalue weighted by Gasteiger charge is 2.14. The molecule has 0 bridgehead atoms. The molecule has 0 atom stereocenters. The summed E-state index contributed by atoms with van der Waals surface area (Å²) in [5, 5.41) is 4.12. The maximum absolute atomic E-state index is 13.3. The van der Waals surface area contributed by atoms with Gasteiger partial charge in [-0.15, -0.1) is 11.8 Å². The van der Waals surface area contributed by atoms with Crippen molar-refractivity contribution in [2.75, 3.05) is 12.3 Å². The van der Waals surface area contributed by atoms with E-state index in [2.05, 4.69) is 16.4 Å². The van der Waals surface area contributed by atoms with Crippen molar-refractivity contribution < 1.29 is 9.18 Å². The number of hydrogen-bond donors (Lipinski definition) is 2. The van der Waals surface area contributed by atoms with Crippen molar-refractivity contribution in [2.24, 2.45) is 0 Å². The second-order valence-corrected chi connectivity index (χ2v) is 7.91. The van der Waals surface area contributed by atoms with E-state index in [1.807, 2.05) is 49.4 Å². The van der Waals surface area contributed by atoms with Crippen molar-refractivity contribution in [1.29, 1.82) is 0 Å². The van der Waals surface area contributed by atoms with Gasteiger partial charge in [0.2, 0.25) is 0 Å². The van der Waals surface area contributed by atoms with Crippen LogP contribution in [-0.2, 0) is 0 Å². The summed E-state index contributed by atoms with van der Waals surface area (Å²) in [5.74, 6) is 0.424. The highest BCUT2D eigenvalue weighted by atomic mass is 32.2. The van der Waals surface area contributed by atoms with Gasteiger partial charge in [0, 0.05) is 33.7 Å². The Labute approximate surface area is 173 Å². The first kappa shape index (κ1) is 19.3. The summed E-state index contributed by atoms with van der Waals surface area (Å²) in [7, 11) is 0. The van der Waals surface area contributed by atoms with Gasteiger partial charge in [-0.3, -0.25) is 4.79 Å². The fourth-order valence-corrected chi connectivity index (χ4v) is 4.38. The fraction of sp³-hybridized carbons (Fsp3) is 0.125. The molecule has 4 rings (SSSR count). The van der Waals surface area contributed by atoms with Crippen LogP contribution < -0.4 is 5.32 Å². The third-order valence-electron chi connectivity index (χ3n) is 4.82. The number of hydrogen-bond acceptors (Lipinski definition) is 2. The second-order valence-electron chi connectivity index (χ2n) is 6.80. The molecule has 0 aliphatic heterocycles. The van der Waals surface area contributed by atoms with Gasteiger partial charge in [-0.1, -0.05) is 36.4 Å². The zero-order valence-electron chi connectivity index (χ0n) is 16.0. The predicted octanol–water partition coefficient (Wildman–Crippen LogP) is 5.80. The molecule has 0 radical (unpaired) electrons. The number of fused-ring (bicyclic) bond motifs is 1. The summed E-state index contributed by atoms with van der Waals surface area (Å²) in [4.78, 5) is 17.0. The van der Waals surface area contributed by atoms with Gasteiger partial charge in [-0.05, 0) is 54.4 Å². The Morgan fingerprint density at radius 2 is 1.72 bits per heavy atom. The monoisotopic (exact) mass is 404 g/mol. The number of nitrogens with one attached hydrogen (secondary N) is 2. The highest BCUT2D eigenvalue weighted by Crippen LogP contribution is 2.37. The van der Waals surface area contributed by atoms with Crippen LogP contribution in [0.15, 0.2) is 77.7 Å². The summed E-state index contributed by atoms with van der Waals surface area (Å²) >= 11 is 1.68. The molecule has 0 saturated carbocycles. The number of H-pyrrole nitrogens is 1. The molecule has 1 aromatic heterocycles. The average Bonchev–Trinajstić information content (AvgIpc) is 3.10. The summed E-state index contributed by atoms with van der Waals surface area (Å²) in [6.07, 6.45) is 0. The first-order chi connectivity index (χ1) is 14.1. The van der Waals surface area contributed by atoms with Crippen LogP contribution in [0.5, 0.6) is 0 Å². The fourth-order valence-electron chi connectivity index (χ4n) is 3.33. The minimum atomic E-state index is -0.252. The number of amides is 1. The number of benzene rings is 3. The number of halogens is 1. The Morgan fingerprint density at radius 3 is 2.52 bits per heavy atom. The maximum atomic E-state index is 13.3. The normalized spacial score (nSPS) is 11.0. The summed E-state index contributed by atoms with van der Waals surface area (Å²) in [6, 6.07) is 22.2. The smallest absolute Gasteiger partial charge is 0.251 e. The Bertz CT molecular complexity index is 1150. The molecule has 0 aliphatic rings. The van der Waals surface area contributed by atoms with Crippen molar-refractivity contribution in [3.05, 3.63) is 89.7 Å². The molecule has 146 valence electrons. The lowest BCUT2D eigenvalue weighted by Gasteiger charge is -2.08. The van der Waals surface area contributed by atoms with Crippen molar-refractivity contribution in [3.63, 3.8) is 0 Å². The molecule has 0 aliphatic carbocycles. The molecule has 3 nitrogen and oxygen atoms in total. The molecule has 5 heteroatoms. The van der Waals surface area contributed by atoms with Crippen molar-refractivity contribution in [3.8, 4) is 11.3 Å². The van der Waals surface area contributed by atoms with Gasteiger partial charge in [0.1, 0.15) is 5.82 Å². The van der Waals surface area contributed by atoms with Crippen LogP contribution in [0.3, 0.4) is 0 Å². The van der Waals surface area contributed by atoms with Crippen LogP contribution in [0.25, 0.3) is 22.2 Å². The minimum absolute atomic E-state index is 0.0543. The van der Waals surface area contributed by atoms with Crippen LogP contribution >= 0.6 is 11.8 Å². The molecule has 0 spiro atoms. The van der Waals surface area contributed by atoms with E-state index in [4.69, 9.17) is 0 Å². The number of aryl methyl sites for hydroxylation is 1. The largest absolute Gasteiger partial charge is 0.354 e. The molecule has 0 saturated heterocycles. The van der Waals surface area contributed by atoms with E-state index in [9.17, 15) is 9.18 Å². The van der Waals surface area contributed by atoms with E-state index < -0.39 is 0 Å². The van der Waals surface area contributed by atoms with Crippen LogP contribution in [0.4, 0.5) is 4.39 Å². The quantitative estimate of drug-likeness (QED) is 0.315. The first-order valence-corrected chi connectivity index (χ1v) is 10.5. The van der Waals surface area contributed by atoms with E-state index in [1.54, 1.807) is 23.9 Å². The molecule has 1 amide bonds. The highest BCUT2D eigenvalue weighted by molar-refractivity contribution is 7.99. The van der Waals surface area contributed by atoms with E-state index in [1.165, 1.54) is 12.1 Å². The zero-order chi connectivity index (χ0) is 20.2. The van der Waals surface area contributed by atoms with Gasteiger partial charge in [-0.2, -0.15) is 0 Å². The Morgan fingerprint density at radius 1 is 1.00 bits per heavy atom. The van der Waals surface area contributed by atoms with Gasteiger partial charge in [0.05, 0.1) is 5.69 Å². The van der Waals surface area contributed by atoms with E-state index in [-0.39, 0.29) is 11.7 Å². The third kappa shape index (κ3) is 4.20. The Hall–Kier alpha value is -3.05. The van der Waals surface area contributed by atoms with Crippen LogP contribution in [0.2, 0.25) is 0 Å². The lowest BCUT2D eigenvalue weighted by Crippen LogP contribution is -2.26. The van der Waals surface area contributed by atoms with Gasteiger partial charge in [0.15, 0.2) is 0 Å². The number of carbonyl (C=O) groups is 1. The van der Waals surface area contributed by atoms with Gasteiger partial charge < -0.3 is 10.3 Å². The number of carbonyl (C=O) groups excluding carboxylic acids is 1.